The van der Waals surface area contributed by atoms with E-state index in [0.717, 1.165) is 47.8 Å². The minimum atomic E-state index is -0.428. The molecule has 0 spiro atoms. The Hall–Kier alpha value is -4.81. The van der Waals surface area contributed by atoms with E-state index in [2.05, 4.69) is 15.4 Å². The van der Waals surface area contributed by atoms with Crippen molar-refractivity contribution in [3.05, 3.63) is 78.5 Å². The number of amides is 1. The number of phenols is 2. The molecule has 2 aliphatic heterocycles. The zero-order valence-corrected chi connectivity index (χ0v) is 23.4. The summed E-state index contributed by atoms with van der Waals surface area (Å²) >= 11 is 0. The second-order valence-electron chi connectivity index (χ2n) is 10.5. The van der Waals surface area contributed by atoms with Crippen LogP contribution in [0.3, 0.4) is 0 Å². The number of nitrogens with one attached hydrogen (secondary N) is 1. The van der Waals surface area contributed by atoms with Gasteiger partial charge in [0.2, 0.25) is 5.91 Å². The third-order valence-electron chi connectivity index (χ3n) is 7.48. The minimum absolute atomic E-state index is 0. The van der Waals surface area contributed by atoms with Crippen LogP contribution >= 0.6 is 0 Å². The van der Waals surface area contributed by atoms with E-state index in [4.69, 9.17) is 8.83 Å². The standard InChI is InChI=1S/C16H17N3O4.C14H13NO4.2CH4/c1-9(20)18-17-7-12-14(21)4-3-11-10-5-6-19(2)8-13(10)16(22)23-15(11)12;1-15-5-4-8-9-2-3-12(17)11(7-16)13(9)19-14(18)10(8)6-15;;/h3-4,7,21H,5-6,8H2,1-2H3,(H,18,20);2-3,7,17H,4-6H2,1H3;2*1H4/b17-7+;;;. The van der Waals surface area contributed by atoms with Crippen molar-refractivity contribution in [1.29, 1.82) is 0 Å². The van der Waals surface area contributed by atoms with Crippen LogP contribution in [0.5, 0.6) is 11.5 Å². The summed E-state index contributed by atoms with van der Waals surface area (Å²) in [4.78, 5) is 50.3. The van der Waals surface area contributed by atoms with E-state index >= 15 is 0 Å². The molecule has 12 heteroatoms. The molecule has 0 saturated heterocycles. The number of carbonyl (C=O) groups excluding carboxylic acids is 2. The molecule has 6 rings (SSSR count). The van der Waals surface area contributed by atoms with Crippen molar-refractivity contribution in [3.63, 3.8) is 0 Å². The zero-order valence-electron chi connectivity index (χ0n) is 23.4. The average molecular weight is 607 g/mol. The topological polar surface area (TPSA) is 166 Å². The molecule has 2 aromatic heterocycles. The number of phenolic OH excluding ortho intramolecular Hbond substituents is 2. The second kappa shape index (κ2) is 13.7. The number of aromatic hydroxyl groups is 2. The molecule has 12 nitrogen and oxygen atoms in total. The highest BCUT2D eigenvalue weighted by molar-refractivity contribution is 6.01. The first-order valence-electron chi connectivity index (χ1n) is 13.3. The van der Waals surface area contributed by atoms with Gasteiger partial charge in [-0.05, 0) is 62.3 Å². The van der Waals surface area contributed by atoms with Crippen molar-refractivity contribution >= 4 is 40.3 Å². The minimum Gasteiger partial charge on any atom is -0.507 e. The van der Waals surface area contributed by atoms with Gasteiger partial charge in [0.25, 0.3) is 0 Å². The lowest BCUT2D eigenvalue weighted by Gasteiger charge is -2.24. The van der Waals surface area contributed by atoms with Gasteiger partial charge in [-0.2, -0.15) is 5.10 Å². The summed E-state index contributed by atoms with van der Waals surface area (Å²) in [6.07, 6.45) is 3.27. The van der Waals surface area contributed by atoms with Gasteiger partial charge in [-0.1, -0.05) is 14.9 Å². The lowest BCUT2D eigenvalue weighted by molar-refractivity contribution is -0.118. The van der Waals surface area contributed by atoms with Crippen molar-refractivity contribution < 1.29 is 28.6 Å². The summed E-state index contributed by atoms with van der Waals surface area (Å²) in [7, 11) is 3.90. The number of aldehydes is 1. The van der Waals surface area contributed by atoms with Gasteiger partial charge in [0.05, 0.1) is 28.5 Å². The van der Waals surface area contributed by atoms with E-state index in [1.54, 1.807) is 12.1 Å². The molecule has 0 saturated carbocycles. The molecule has 0 atom stereocenters. The van der Waals surface area contributed by atoms with E-state index in [0.29, 0.717) is 30.5 Å². The summed E-state index contributed by atoms with van der Waals surface area (Å²) < 4.78 is 10.7. The Balaban J connectivity index is 0.000000234. The Morgan fingerprint density at radius 3 is 1.73 bits per heavy atom. The van der Waals surface area contributed by atoms with Crippen LogP contribution in [0.4, 0.5) is 0 Å². The Morgan fingerprint density at radius 2 is 1.27 bits per heavy atom. The van der Waals surface area contributed by atoms with Crippen LogP contribution in [0.1, 0.15) is 60.0 Å². The molecule has 2 aromatic carbocycles. The number of hydrazone groups is 1. The molecule has 4 heterocycles. The quantitative estimate of drug-likeness (QED) is 0.136. The van der Waals surface area contributed by atoms with Crippen LogP contribution in [-0.2, 0) is 30.7 Å². The van der Waals surface area contributed by atoms with Crippen LogP contribution in [0, 0.1) is 0 Å². The molecule has 0 aliphatic carbocycles. The van der Waals surface area contributed by atoms with Crippen LogP contribution in [0.2, 0.25) is 0 Å². The maximum Gasteiger partial charge on any atom is 0.341 e. The molecule has 1 amide bonds. The van der Waals surface area contributed by atoms with E-state index < -0.39 is 11.3 Å². The van der Waals surface area contributed by atoms with E-state index in [9.17, 15) is 29.4 Å². The average Bonchev–Trinajstić information content (AvgIpc) is 2.95. The largest absolute Gasteiger partial charge is 0.507 e. The third kappa shape index (κ3) is 6.41. The second-order valence-corrected chi connectivity index (χ2v) is 10.5. The normalized spacial score (nSPS) is 14.5. The Labute approximate surface area is 254 Å². The van der Waals surface area contributed by atoms with Crippen molar-refractivity contribution in [3.8, 4) is 11.5 Å². The van der Waals surface area contributed by atoms with Gasteiger partial charge in [0.1, 0.15) is 11.5 Å². The first-order chi connectivity index (χ1) is 20.1. The predicted octanol–water partition coefficient (Wildman–Crippen LogP) is 3.53. The number of benzene rings is 2. The fourth-order valence-electron chi connectivity index (χ4n) is 5.37. The Bertz CT molecular complexity index is 1880. The molecule has 2 aliphatic rings. The fraction of sp³-hybridized carbons (Fsp3) is 0.344. The van der Waals surface area contributed by atoms with E-state index in [-0.39, 0.29) is 54.6 Å². The maximum atomic E-state index is 12.3. The number of hydrogen-bond acceptors (Lipinski definition) is 11. The van der Waals surface area contributed by atoms with Gasteiger partial charge < -0.3 is 28.8 Å². The van der Waals surface area contributed by atoms with Crippen LogP contribution in [0.25, 0.3) is 21.9 Å². The van der Waals surface area contributed by atoms with E-state index in [1.165, 1.54) is 25.3 Å². The van der Waals surface area contributed by atoms with E-state index in [1.807, 2.05) is 19.0 Å². The molecule has 234 valence electrons. The predicted molar refractivity (Wildman–Crippen MR) is 169 cm³/mol. The number of nitrogens with zero attached hydrogens (tertiary/aromatic N) is 3. The summed E-state index contributed by atoms with van der Waals surface area (Å²) in [5, 5.41) is 25.0. The molecule has 0 bridgehead atoms. The number of carbonyl (C=O) groups is 2. The first kappa shape index (κ1) is 33.7. The third-order valence-corrected chi connectivity index (χ3v) is 7.48. The highest BCUT2D eigenvalue weighted by Crippen LogP contribution is 2.32. The van der Waals surface area contributed by atoms with Crippen molar-refractivity contribution in [2.45, 2.75) is 47.7 Å². The lowest BCUT2D eigenvalue weighted by atomic mass is 9.96. The fourth-order valence-corrected chi connectivity index (χ4v) is 5.37. The van der Waals surface area contributed by atoms with Gasteiger partial charge >= 0.3 is 11.3 Å². The molecule has 44 heavy (non-hydrogen) atoms. The lowest BCUT2D eigenvalue weighted by Crippen LogP contribution is -2.31. The summed E-state index contributed by atoms with van der Waals surface area (Å²) in [6.45, 7) is 4.12. The molecule has 0 fully saturated rings. The smallest absolute Gasteiger partial charge is 0.341 e. The van der Waals surface area contributed by atoms with Crippen molar-refractivity contribution in [2.24, 2.45) is 5.10 Å². The van der Waals surface area contributed by atoms with Crippen molar-refractivity contribution in [2.75, 3.05) is 27.2 Å². The molecule has 4 aromatic rings. The van der Waals surface area contributed by atoms with Crippen LogP contribution in [0.15, 0.2) is 47.8 Å². The van der Waals surface area contributed by atoms with Gasteiger partial charge in [0, 0.05) is 43.9 Å². The zero-order chi connectivity index (χ0) is 30.1. The van der Waals surface area contributed by atoms with Crippen LogP contribution < -0.4 is 16.7 Å². The van der Waals surface area contributed by atoms with Gasteiger partial charge in [-0.25, -0.2) is 15.0 Å². The maximum absolute atomic E-state index is 12.3. The number of likely N-dealkylation sites (N-methyl/N-ethyl adjacent to an activating group) is 2. The van der Waals surface area contributed by atoms with Crippen LogP contribution in [-0.4, -0.2) is 65.6 Å². The number of fused-ring (bicyclic) bond motifs is 6. The van der Waals surface area contributed by atoms with Gasteiger partial charge in [-0.3, -0.25) is 9.59 Å². The number of rotatable bonds is 3. The monoisotopic (exact) mass is 606 g/mol. The Kier molecular flexibility index (Phi) is 10.5. The molecule has 0 radical (unpaired) electrons. The summed E-state index contributed by atoms with van der Waals surface area (Å²) in [5.74, 6) is -0.566. The summed E-state index contributed by atoms with van der Waals surface area (Å²) in [5.41, 5.74) is 5.38. The Morgan fingerprint density at radius 1 is 0.818 bits per heavy atom. The SMILES string of the molecule is C.C.CC(=O)N/N=C/c1c(O)ccc2c3c(c(=O)oc12)CN(C)CC3.CN1CCc2c(c(=O)oc3c(C=O)c(O)ccc23)C1. The molecule has 3 N–H and O–H groups in total. The molecular formula is C32H38N4O8. The highest BCUT2D eigenvalue weighted by atomic mass is 16.4. The van der Waals surface area contributed by atoms with Gasteiger partial charge in [-0.15, -0.1) is 0 Å². The summed E-state index contributed by atoms with van der Waals surface area (Å²) in [6, 6.07) is 6.44. The number of hydrogen-bond donors (Lipinski definition) is 3. The first-order valence-corrected chi connectivity index (χ1v) is 13.3. The van der Waals surface area contributed by atoms with Gasteiger partial charge in [0.15, 0.2) is 17.5 Å². The molecular weight excluding hydrogens is 568 g/mol. The van der Waals surface area contributed by atoms with Crippen molar-refractivity contribution in [1.82, 2.24) is 15.2 Å². The highest BCUT2D eigenvalue weighted by Gasteiger charge is 2.24. The molecule has 0 unspecified atom stereocenters.